The van der Waals surface area contributed by atoms with E-state index in [1.54, 1.807) is 0 Å². The molecule has 2 N–H and O–H groups in total. The predicted molar refractivity (Wildman–Crippen MR) is 103 cm³/mol. The van der Waals surface area contributed by atoms with Crippen LogP contribution in [0.3, 0.4) is 0 Å². The number of alkyl halides is 2. The first-order chi connectivity index (χ1) is 10.9. The Morgan fingerprint density at radius 2 is 1.22 bits per heavy atom. The molecule has 2 aromatic carbocycles. The molecule has 0 spiro atoms. The second-order valence-corrected chi connectivity index (χ2v) is 7.07. The lowest BCUT2D eigenvalue weighted by atomic mass is 9.84. The van der Waals surface area contributed by atoms with Crippen molar-refractivity contribution in [3.63, 3.8) is 0 Å². The van der Waals surface area contributed by atoms with Gasteiger partial charge in [-0.3, -0.25) is 0 Å². The fourth-order valence-corrected chi connectivity index (χ4v) is 3.96. The fraction of sp³-hybridized carbons (Fsp3) is 0.368. The number of rotatable bonds is 5. The van der Waals surface area contributed by atoms with Crippen molar-refractivity contribution in [2.75, 3.05) is 0 Å². The molecule has 0 fully saturated rings. The van der Waals surface area contributed by atoms with Crippen molar-refractivity contribution >= 4 is 31.9 Å². The summed E-state index contributed by atoms with van der Waals surface area (Å²) in [6.45, 7) is 6.14. The highest BCUT2D eigenvalue weighted by molar-refractivity contribution is 9.08. The third-order valence-electron chi connectivity index (χ3n) is 4.17. The number of hydrogen-bond donors (Lipinski definition) is 2. The zero-order valence-corrected chi connectivity index (χ0v) is 16.8. The number of benzene rings is 2. The first-order valence-electron chi connectivity index (χ1n) is 7.69. The van der Waals surface area contributed by atoms with Crippen LogP contribution < -0.4 is 0 Å². The minimum absolute atomic E-state index is 0.0367. The summed E-state index contributed by atoms with van der Waals surface area (Å²) in [7, 11) is 0. The first kappa shape index (κ1) is 18.3. The highest BCUT2D eigenvalue weighted by Crippen LogP contribution is 2.42. The molecule has 2 rings (SSSR count). The SMILES string of the molecule is CCC(c1cc(C)cc(CBr)c1O)c1cc(C)cc(CBr)c1O. The maximum absolute atomic E-state index is 10.6. The Kier molecular flexibility index (Phi) is 6.15. The summed E-state index contributed by atoms with van der Waals surface area (Å²) in [6.07, 6.45) is 0.803. The average molecular weight is 442 g/mol. The summed E-state index contributed by atoms with van der Waals surface area (Å²) in [5, 5.41) is 22.5. The van der Waals surface area contributed by atoms with Crippen molar-refractivity contribution in [3.8, 4) is 11.5 Å². The van der Waals surface area contributed by atoms with Gasteiger partial charge in [0.15, 0.2) is 0 Å². The zero-order valence-electron chi connectivity index (χ0n) is 13.7. The van der Waals surface area contributed by atoms with E-state index >= 15 is 0 Å². The molecule has 0 aliphatic carbocycles. The van der Waals surface area contributed by atoms with E-state index in [9.17, 15) is 10.2 Å². The average Bonchev–Trinajstić information content (AvgIpc) is 2.53. The quantitative estimate of drug-likeness (QED) is 0.554. The Hall–Kier alpha value is -1.00. The van der Waals surface area contributed by atoms with E-state index in [1.165, 1.54) is 0 Å². The molecule has 0 aliphatic heterocycles. The van der Waals surface area contributed by atoms with Gasteiger partial charge in [0.05, 0.1) is 0 Å². The molecule has 0 atom stereocenters. The largest absolute Gasteiger partial charge is 0.507 e. The molecule has 0 unspecified atom stereocenters. The predicted octanol–water partition coefficient (Wildman–Crippen LogP) is 6.05. The number of phenolic OH excluding ortho intramolecular Hbond substituents is 2. The summed E-state index contributed by atoms with van der Waals surface area (Å²) in [4.78, 5) is 0. The Labute approximate surface area is 154 Å². The molecule has 0 aromatic heterocycles. The van der Waals surface area contributed by atoms with E-state index in [0.29, 0.717) is 22.2 Å². The number of phenols is 2. The molecular weight excluding hydrogens is 420 g/mol. The van der Waals surface area contributed by atoms with Gasteiger partial charge in [-0.1, -0.05) is 74.2 Å². The van der Waals surface area contributed by atoms with Gasteiger partial charge in [0.25, 0.3) is 0 Å². The van der Waals surface area contributed by atoms with Crippen molar-refractivity contribution in [1.29, 1.82) is 0 Å². The fourth-order valence-electron chi connectivity index (χ4n) is 3.11. The molecular formula is C19H22Br2O2. The van der Waals surface area contributed by atoms with Crippen LogP contribution >= 0.6 is 31.9 Å². The second kappa shape index (κ2) is 7.71. The minimum atomic E-state index is -0.0367. The molecule has 23 heavy (non-hydrogen) atoms. The van der Waals surface area contributed by atoms with Crippen LogP contribution in [0.1, 0.15) is 52.6 Å². The van der Waals surface area contributed by atoms with Gasteiger partial charge in [0.2, 0.25) is 0 Å². The number of hydrogen-bond acceptors (Lipinski definition) is 2. The van der Waals surface area contributed by atoms with Crippen molar-refractivity contribution in [1.82, 2.24) is 0 Å². The van der Waals surface area contributed by atoms with Crippen LogP contribution in [0.15, 0.2) is 24.3 Å². The number of halogens is 2. The van der Waals surface area contributed by atoms with E-state index in [0.717, 1.165) is 39.8 Å². The Morgan fingerprint density at radius 1 is 0.826 bits per heavy atom. The van der Waals surface area contributed by atoms with Crippen LogP contribution in [0.25, 0.3) is 0 Å². The van der Waals surface area contributed by atoms with Crippen molar-refractivity contribution < 1.29 is 10.2 Å². The molecule has 2 aromatic rings. The van der Waals surface area contributed by atoms with Gasteiger partial charge in [-0.05, 0) is 20.3 Å². The molecule has 0 saturated carbocycles. The van der Waals surface area contributed by atoms with Gasteiger partial charge in [-0.25, -0.2) is 0 Å². The monoisotopic (exact) mass is 440 g/mol. The van der Waals surface area contributed by atoms with Gasteiger partial charge in [-0.2, -0.15) is 0 Å². The summed E-state index contributed by atoms with van der Waals surface area (Å²) < 4.78 is 0. The molecule has 124 valence electrons. The van der Waals surface area contributed by atoms with Crippen LogP contribution in [-0.4, -0.2) is 10.2 Å². The molecule has 2 nitrogen and oxygen atoms in total. The summed E-state index contributed by atoms with van der Waals surface area (Å²) in [5.41, 5.74) is 5.74. The molecule has 4 heteroatoms. The van der Waals surface area contributed by atoms with Gasteiger partial charge >= 0.3 is 0 Å². The lowest BCUT2D eigenvalue weighted by Gasteiger charge is -2.22. The minimum Gasteiger partial charge on any atom is -0.507 e. The Balaban J connectivity index is 2.66. The molecule has 0 aliphatic rings. The van der Waals surface area contributed by atoms with Gasteiger partial charge in [0.1, 0.15) is 11.5 Å². The van der Waals surface area contributed by atoms with Gasteiger partial charge < -0.3 is 10.2 Å². The highest BCUT2D eigenvalue weighted by atomic mass is 79.9. The van der Waals surface area contributed by atoms with E-state index in [4.69, 9.17) is 0 Å². The molecule has 0 saturated heterocycles. The Bertz CT molecular complexity index is 652. The van der Waals surface area contributed by atoms with Crippen molar-refractivity contribution in [2.24, 2.45) is 0 Å². The normalized spacial score (nSPS) is 11.2. The smallest absolute Gasteiger partial charge is 0.123 e. The summed E-state index contributed by atoms with van der Waals surface area (Å²) in [5.74, 6) is 0.603. The second-order valence-electron chi connectivity index (χ2n) is 5.95. The standard InChI is InChI=1S/C19H22Br2O2/c1-4-15(16-7-11(2)5-13(9-20)18(16)22)17-8-12(3)6-14(10-21)19(17)23/h5-8,15,22-23H,4,9-10H2,1-3H3. The Morgan fingerprint density at radius 3 is 1.52 bits per heavy atom. The van der Waals surface area contributed by atoms with Crippen LogP contribution in [0.2, 0.25) is 0 Å². The first-order valence-corrected chi connectivity index (χ1v) is 9.93. The van der Waals surface area contributed by atoms with Gasteiger partial charge in [-0.15, -0.1) is 0 Å². The van der Waals surface area contributed by atoms with Crippen molar-refractivity contribution in [3.05, 3.63) is 57.6 Å². The van der Waals surface area contributed by atoms with E-state index in [1.807, 2.05) is 38.1 Å². The maximum Gasteiger partial charge on any atom is 0.123 e. The van der Waals surface area contributed by atoms with E-state index in [2.05, 4.69) is 38.8 Å². The molecule has 0 amide bonds. The van der Waals surface area contributed by atoms with E-state index in [-0.39, 0.29) is 5.92 Å². The van der Waals surface area contributed by atoms with Gasteiger partial charge in [0, 0.05) is 38.8 Å². The summed E-state index contributed by atoms with van der Waals surface area (Å²) >= 11 is 6.87. The van der Waals surface area contributed by atoms with Crippen LogP contribution in [0.5, 0.6) is 11.5 Å². The zero-order chi connectivity index (χ0) is 17.1. The topological polar surface area (TPSA) is 40.5 Å². The van der Waals surface area contributed by atoms with Crippen molar-refractivity contribution in [2.45, 2.75) is 43.8 Å². The molecule has 0 radical (unpaired) electrons. The summed E-state index contributed by atoms with van der Waals surface area (Å²) in [6, 6.07) is 8.01. The number of aryl methyl sites for hydroxylation is 2. The number of aromatic hydroxyl groups is 2. The van der Waals surface area contributed by atoms with E-state index < -0.39 is 0 Å². The van der Waals surface area contributed by atoms with Crippen LogP contribution in [-0.2, 0) is 10.7 Å². The highest BCUT2D eigenvalue weighted by Gasteiger charge is 2.22. The maximum atomic E-state index is 10.6. The van der Waals surface area contributed by atoms with Crippen LogP contribution in [0.4, 0.5) is 0 Å². The third kappa shape index (κ3) is 3.74. The third-order valence-corrected chi connectivity index (χ3v) is 5.38. The molecule has 0 bridgehead atoms. The van der Waals surface area contributed by atoms with Crippen LogP contribution in [0, 0.1) is 13.8 Å². The molecule has 0 heterocycles. The lowest BCUT2D eigenvalue weighted by Crippen LogP contribution is -2.04. The lowest BCUT2D eigenvalue weighted by molar-refractivity contribution is 0.448.